The number of amides is 2. The van der Waals surface area contributed by atoms with E-state index in [2.05, 4.69) is 4.98 Å². The minimum absolute atomic E-state index is 0.0329. The van der Waals surface area contributed by atoms with E-state index in [0.29, 0.717) is 10.7 Å². The Kier molecular flexibility index (Phi) is 2.99. The molecule has 0 N–H and O–H groups in total. The number of carbonyl (C=O) groups is 2. The monoisotopic (exact) mass is 290 g/mol. The van der Waals surface area contributed by atoms with Crippen molar-refractivity contribution in [3.05, 3.63) is 64.2 Å². The summed E-state index contributed by atoms with van der Waals surface area (Å²) in [5.41, 5.74) is 0.832. The first-order valence-corrected chi connectivity index (χ1v) is 6.20. The molecule has 1 aliphatic rings. The zero-order valence-corrected chi connectivity index (χ0v) is 10.9. The first-order chi connectivity index (χ1) is 9.56. The minimum Gasteiger partial charge on any atom is -0.269 e. The maximum absolute atomic E-state index is 13.2. The van der Waals surface area contributed by atoms with Gasteiger partial charge in [0.2, 0.25) is 0 Å². The zero-order valence-electron chi connectivity index (χ0n) is 10.1. The van der Waals surface area contributed by atoms with Gasteiger partial charge in [0.05, 0.1) is 28.4 Å². The van der Waals surface area contributed by atoms with Gasteiger partial charge in [0.1, 0.15) is 5.82 Å². The Balaban J connectivity index is 1.91. The Morgan fingerprint density at radius 2 is 1.85 bits per heavy atom. The Morgan fingerprint density at radius 3 is 2.55 bits per heavy atom. The topological polar surface area (TPSA) is 50.3 Å². The average molecular weight is 291 g/mol. The van der Waals surface area contributed by atoms with Crippen LogP contribution in [-0.4, -0.2) is 21.7 Å². The van der Waals surface area contributed by atoms with E-state index < -0.39 is 17.6 Å². The van der Waals surface area contributed by atoms with E-state index in [1.54, 1.807) is 12.1 Å². The summed E-state index contributed by atoms with van der Waals surface area (Å²) in [7, 11) is 0. The van der Waals surface area contributed by atoms with Crippen molar-refractivity contribution < 1.29 is 14.0 Å². The lowest BCUT2D eigenvalue weighted by atomic mass is 10.1. The van der Waals surface area contributed by atoms with Crippen molar-refractivity contribution in [3.8, 4) is 0 Å². The van der Waals surface area contributed by atoms with Gasteiger partial charge in [-0.2, -0.15) is 0 Å². The molecule has 0 unspecified atom stereocenters. The number of rotatable bonds is 2. The Hall–Kier alpha value is -2.27. The summed E-state index contributed by atoms with van der Waals surface area (Å²) in [6.07, 6.45) is 1.44. The second-order valence-electron chi connectivity index (χ2n) is 4.35. The third kappa shape index (κ3) is 2.06. The van der Waals surface area contributed by atoms with Crippen molar-refractivity contribution in [3.63, 3.8) is 0 Å². The van der Waals surface area contributed by atoms with Gasteiger partial charge in [-0.15, -0.1) is 0 Å². The normalized spacial score (nSPS) is 13.8. The summed E-state index contributed by atoms with van der Waals surface area (Å²) in [5.74, 6) is -1.50. The van der Waals surface area contributed by atoms with Crippen LogP contribution in [0.1, 0.15) is 26.4 Å². The first-order valence-electron chi connectivity index (χ1n) is 5.82. The van der Waals surface area contributed by atoms with Crippen LogP contribution >= 0.6 is 11.6 Å². The molecule has 2 aromatic rings. The number of benzene rings is 1. The molecule has 4 nitrogen and oxygen atoms in total. The quantitative estimate of drug-likeness (QED) is 0.799. The fraction of sp³-hybridized carbons (Fsp3) is 0.0714. The number of aromatic nitrogens is 1. The molecule has 100 valence electrons. The summed E-state index contributed by atoms with van der Waals surface area (Å²) in [6, 6.07) is 6.81. The van der Waals surface area contributed by atoms with Gasteiger partial charge in [-0.3, -0.25) is 19.5 Å². The molecule has 20 heavy (non-hydrogen) atoms. The number of hydrogen-bond acceptors (Lipinski definition) is 3. The molecule has 2 amide bonds. The van der Waals surface area contributed by atoms with Crippen molar-refractivity contribution >= 4 is 23.4 Å². The number of hydrogen-bond donors (Lipinski definition) is 0. The van der Waals surface area contributed by atoms with Gasteiger partial charge in [-0.1, -0.05) is 11.6 Å². The summed E-state index contributed by atoms with van der Waals surface area (Å²) in [4.78, 5) is 29.3. The summed E-state index contributed by atoms with van der Waals surface area (Å²) in [5, 5.41) is 0.471. The average Bonchev–Trinajstić information content (AvgIpc) is 2.66. The predicted octanol–water partition coefficient (Wildman–Crippen LogP) is 2.67. The van der Waals surface area contributed by atoms with E-state index in [1.807, 2.05) is 0 Å². The molecule has 1 aromatic carbocycles. The van der Waals surface area contributed by atoms with Gasteiger partial charge in [0, 0.05) is 6.20 Å². The molecular weight excluding hydrogens is 283 g/mol. The highest BCUT2D eigenvalue weighted by molar-refractivity contribution is 6.30. The van der Waals surface area contributed by atoms with Gasteiger partial charge in [0.25, 0.3) is 11.8 Å². The van der Waals surface area contributed by atoms with Gasteiger partial charge in [0.15, 0.2) is 0 Å². The first kappa shape index (κ1) is 12.7. The molecule has 0 bridgehead atoms. The summed E-state index contributed by atoms with van der Waals surface area (Å²) in [6.45, 7) is 0.0329. The third-order valence-corrected chi connectivity index (χ3v) is 3.27. The molecule has 3 rings (SSSR count). The number of imide groups is 1. The molecule has 0 spiro atoms. The highest BCUT2D eigenvalue weighted by atomic mass is 35.5. The number of pyridine rings is 1. The molecule has 6 heteroatoms. The highest BCUT2D eigenvalue weighted by Gasteiger charge is 2.35. The van der Waals surface area contributed by atoms with Crippen LogP contribution in [0.2, 0.25) is 5.02 Å². The van der Waals surface area contributed by atoms with Crippen LogP contribution in [0.15, 0.2) is 36.5 Å². The van der Waals surface area contributed by atoms with Gasteiger partial charge in [-0.25, -0.2) is 4.39 Å². The minimum atomic E-state index is -0.545. The predicted molar refractivity (Wildman–Crippen MR) is 69.9 cm³/mol. The number of halogens is 2. The Labute approximate surface area is 118 Å². The molecule has 0 aliphatic carbocycles. The Bertz CT molecular complexity index is 716. The van der Waals surface area contributed by atoms with Crippen LogP contribution in [0.25, 0.3) is 0 Å². The molecule has 0 saturated carbocycles. The largest absolute Gasteiger partial charge is 0.269 e. The smallest absolute Gasteiger partial charge is 0.262 e. The maximum Gasteiger partial charge on any atom is 0.262 e. The lowest BCUT2D eigenvalue weighted by molar-refractivity contribution is 0.0640. The van der Waals surface area contributed by atoms with E-state index in [1.165, 1.54) is 12.3 Å². The lowest BCUT2D eigenvalue weighted by Gasteiger charge is -2.12. The van der Waals surface area contributed by atoms with Crippen LogP contribution in [0, 0.1) is 5.82 Å². The van der Waals surface area contributed by atoms with Crippen LogP contribution in [0.4, 0.5) is 4.39 Å². The van der Waals surface area contributed by atoms with Crippen molar-refractivity contribution in [2.24, 2.45) is 0 Å². The van der Waals surface area contributed by atoms with E-state index >= 15 is 0 Å². The fourth-order valence-corrected chi connectivity index (χ4v) is 2.18. The van der Waals surface area contributed by atoms with Gasteiger partial charge >= 0.3 is 0 Å². The lowest BCUT2D eigenvalue weighted by Crippen LogP contribution is -2.29. The molecule has 2 heterocycles. The second-order valence-corrected chi connectivity index (χ2v) is 4.79. The molecule has 1 aromatic heterocycles. The fourth-order valence-electron chi connectivity index (χ4n) is 2.07. The van der Waals surface area contributed by atoms with Gasteiger partial charge in [-0.05, 0) is 30.3 Å². The number of carbonyl (C=O) groups excluding carboxylic acids is 2. The SMILES string of the molecule is O=C1c2ccc(F)cc2C(=O)N1Cc1ccc(Cl)cn1. The van der Waals surface area contributed by atoms with Crippen molar-refractivity contribution in [1.29, 1.82) is 0 Å². The van der Waals surface area contributed by atoms with Crippen LogP contribution < -0.4 is 0 Å². The van der Waals surface area contributed by atoms with Crippen LogP contribution in [0.3, 0.4) is 0 Å². The molecule has 1 aliphatic heterocycles. The zero-order chi connectivity index (χ0) is 14.3. The second kappa shape index (κ2) is 4.68. The standard InChI is InChI=1S/C14H8ClFN2O2/c15-8-1-3-10(17-6-8)7-18-13(19)11-4-2-9(16)5-12(11)14(18)20/h1-6H,7H2. The number of nitrogens with zero attached hydrogens (tertiary/aromatic N) is 2. The third-order valence-electron chi connectivity index (χ3n) is 3.04. The molecule has 0 atom stereocenters. The van der Waals surface area contributed by atoms with E-state index in [-0.39, 0.29) is 17.7 Å². The van der Waals surface area contributed by atoms with Crippen LogP contribution in [-0.2, 0) is 6.54 Å². The van der Waals surface area contributed by atoms with E-state index in [0.717, 1.165) is 17.0 Å². The van der Waals surface area contributed by atoms with E-state index in [4.69, 9.17) is 11.6 Å². The summed E-state index contributed by atoms with van der Waals surface area (Å²) >= 11 is 5.72. The Morgan fingerprint density at radius 1 is 1.10 bits per heavy atom. The molecule has 0 fully saturated rings. The van der Waals surface area contributed by atoms with Crippen molar-refractivity contribution in [2.45, 2.75) is 6.54 Å². The van der Waals surface area contributed by atoms with E-state index in [9.17, 15) is 14.0 Å². The van der Waals surface area contributed by atoms with Gasteiger partial charge < -0.3 is 0 Å². The van der Waals surface area contributed by atoms with Crippen molar-refractivity contribution in [2.75, 3.05) is 0 Å². The molecule has 0 radical (unpaired) electrons. The maximum atomic E-state index is 13.2. The molecular formula is C14H8ClFN2O2. The molecule has 0 saturated heterocycles. The summed E-state index contributed by atoms with van der Waals surface area (Å²) < 4.78 is 13.2. The van der Waals surface area contributed by atoms with Crippen LogP contribution in [0.5, 0.6) is 0 Å². The number of fused-ring (bicyclic) bond motifs is 1. The van der Waals surface area contributed by atoms with Crippen molar-refractivity contribution in [1.82, 2.24) is 9.88 Å². The highest BCUT2D eigenvalue weighted by Crippen LogP contribution is 2.25.